The van der Waals surface area contributed by atoms with E-state index >= 15 is 0 Å². The van der Waals surface area contributed by atoms with Crippen LogP contribution in [0.1, 0.15) is 39.6 Å². The van der Waals surface area contributed by atoms with Crippen LogP contribution < -0.4 is 0 Å². The van der Waals surface area contributed by atoms with Crippen molar-refractivity contribution in [3.63, 3.8) is 0 Å². The second-order valence-electron chi connectivity index (χ2n) is 9.86. The molecule has 0 spiro atoms. The highest BCUT2D eigenvalue weighted by Crippen LogP contribution is 2.38. The highest BCUT2D eigenvalue weighted by Gasteiger charge is 2.14. The summed E-state index contributed by atoms with van der Waals surface area (Å²) in [4.78, 5) is 5.91. The van der Waals surface area contributed by atoms with Gasteiger partial charge in [-0.05, 0) is 83.5 Å². The van der Waals surface area contributed by atoms with Crippen LogP contribution in [0, 0.1) is 6.92 Å². The predicted octanol–water partition coefficient (Wildman–Crippen LogP) is 9.16. The van der Waals surface area contributed by atoms with E-state index in [1.165, 1.54) is 59.3 Å². The molecule has 0 aliphatic rings. The van der Waals surface area contributed by atoms with Crippen LogP contribution in [-0.2, 0) is 26.3 Å². The molecule has 0 amide bonds. The number of halogens is 1. The van der Waals surface area contributed by atoms with E-state index < -0.39 is 0 Å². The molecular weight excluding hydrogens is 492 g/mol. The molecule has 0 aliphatic heterocycles. The van der Waals surface area contributed by atoms with Crippen molar-refractivity contribution in [1.82, 2.24) is 9.55 Å². The van der Waals surface area contributed by atoms with Crippen molar-refractivity contribution >= 4 is 44.1 Å². The van der Waals surface area contributed by atoms with Crippen molar-refractivity contribution in [3.05, 3.63) is 123 Å². The first-order valence-electron chi connectivity index (χ1n) is 12.8. The molecule has 0 aliphatic carbocycles. The molecule has 184 valence electrons. The molecular formula is C33H29ClN2S. The minimum atomic E-state index is 0.841. The van der Waals surface area contributed by atoms with Crippen LogP contribution in [-0.4, -0.2) is 9.55 Å². The molecule has 0 N–H and O–H groups in total. The first-order valence-corrected chi connectivity index (χ1v) is 14.0. The van der Waals surface area contributed by atoms with Gasteiger partial charge in [0.25, 0.3) is 0 Å². The number of thiophene rings is 1. The Balaban J connectivity index is 1.40. The summed E-state index contributed by atoms with van der Waals surface area (Å²) in [5.74, 6) is 0. The molecule has 3 aromatic heterocycles. The third-order valence-corrected chi connectivity index (χ3v) is 8.70. The van der Waals surface area contributed by atoms with Gasteiger partial charge in [-0.25, -0.2) is 4.98 Å². The van der Waals surface area contributed by atoms with Crippen LogP contribution >= 0.6 is 22.9 Å². The number of aromatic nitrogens is 2. The Labute approximate surface area is 227 Å². The van der Waals surface area contributed by atoms with Gasteiger partial charge >= 0.3 is 0 Å². The van der Waals surface area contributed by atoms with Gasteiger partial charge in [0.05, 0.1) is 0 Å². The zero-order valence-corrected chi connectivity index (χ0v) is 23.0. The molecule has 0 fully saturated rings. The third-order valence-electron chi connectivity index (χ3n) is 7.23. The summed E-state index contributed by atoms with van der Waals surface area (Å²) in [5.41, 5.74) is 10.1. The number of hydrogen-bond donors (Lipinski definition) is 0. The molecule has 4 heteroatoms. The highest BCUT2D eigenvalue weighted by molar-refractivity contribution is 7.19. The predicted molar refractivity (Wildman–Crippen MR) is 159 cm³/mol. The molecule has 37 heavy (non-hydrogen) atoms. The monoisotopic (exact) mass is 520 g/mol. The summed E-state index contributed by atoms with van der Waals surface area (Å²) in [7, 11) is 2.07. The zero-order valence-electron chi connectivity index (χ0n) is 21.4. The summed E-state index contributed by atoms with van der Waals surface area (Å²) in [6.07, 6.45) is 6.82. The lowest BCUT2D eigenvalue weighted by Crippen LogP contribution is -1.93. The number of hydrogen-bond acceptors (Lipinski definition) is 2. The standard InChI is InChI=1S/C33H29ClN2S/c1-4-23-12-11-22(16-25-20-36(3)33-27(25)8-6-14-35-33)17-29(23)28-7-5-9-32-30(28)19-26(37-32)18-24-15-21(2)10-13-31(24)34/h5-15,17,19-20H,4,16,18H2,1-3H3. The lowest BCUT2D eigenvalue weighted by atomic mass is 9.92. The third kappa shape index (κ3) is 4.58. The van der Waals surface area contributed by atoms with E-state index in [1.54, 1.807) is 0 Å². The SMILES string of the molecule is CCc1ccc(Cc2cn(C)c3ncccc23)cc1-c1cccc2sc(Cc3cc(C)ccc3Cl)cc12. The summed E-state index contributed by atoms with van der Waals surface area (Å²) < 4.78 is 3.45. The molecule has 0 unspecified atom stereocenters. The maximum Gasteiger partial charge on any atom is 0.139 e. The first kappa shape index (κ1) is 24.0. The average molecular weight is 521 g/mol. The van der Waals surface area contributed by atoms with Gasteiger partial charge in [-0.3, -0.25) is 0 Å². The van der Waals surface area contributed by atoms with Gasteiger partial charge in [-0.2, -0.15) is 0 Å². The van der Waals surface area contributed by atoms with Crippen LogP contribution in [0.4, 0.5) is 0 Å². The van der Waals surface area contributed by atoms with Crippen molar-refractivity contribution in [2.75, 3.05) is 0 Å². The van der Waals surface area contributed by atoms with Crippen molar-refractivity contribution in [3.8, 4) is 11.1 Å². The Morgan fingerprint density at radius 1 is 0.838 bits per heavy atom. The van der Waals surface area contributed by atoms with Crippen molar-refractivity contribution in [1.29, 1.82) is 0 Å². The van der Waals surface area contributed by atoms with Crippen molar-refractivity contribution in [2.45, 2.75) is 33.1 Å². The lowest BCUT2D eigenvalue weighted by molar-refractivity contribution is 0.940. The summed E-state index contributed by atoms with van der Waals surface area (Å²) in [6.45, 7) is 4.37. The molecule has 2 nitrogen and oxygen atoms in total. The topological polar surface area (TPSA) is 17.8 Å². The minimum absolute atomic E-state index is 0.841. The quantitative estimate of drug-likeness (QED) is 0.214. The van der Waals surface area contributed by atoms with Crippen LogP contribution in [0.5, 0.6) is 0 Å². The Morgan fingerprint density at radius 2 is 1.73 bits per heavy atom. The fourth-order valence-electron chi connectivity index (χ4n) is 5.41. The van der Waals surface area contributed by atoms with Crippen molar-refractivity contribution < 1.29 is 0 Å². The Hall–Kier alpha value is -3.40. The molecule has 3 heterocycles. The smallest absolute Gasteiger partial charge is 0.139 e. The van der Waals surface area contributed by atoms with Gasteiger partial charge in [-0.1, -0.05) is 66.6 Å². The summed E-state index contributed by atoms with van der Waals surface area (Å²) in [6, 6.07) is 26.6. The van der Waals surface area contributed by atoms with Crippen LogP contribution in [0.3, 0.4) is 0 Å². The zero-order chi connectivity index (χ0) is 25.5. The fourth-order valence-corrected chi connectivity index (χ4v) is 6.71. The van der Waals surface area contributed by atoms with E-state index in [-0.39, 0.29) is 0 Å². The summed E-state index contributed by atoms with van der Waals surface area (Å²) in [5, 5.41) is 3.39. The molecule has 0 saturated heterocycles. The lowest BCUT2D eigenvalue weighted by Gasteiger charge is -2.12. The fraction of sp³-hybridized carbons (Fsp3) is 0.182. The van der Waals surface area contributed by atoms with E-state index in [1.807, 2.05) is 29.7 Å². The number of aryl methyl sites for hydroxylation is 3. The van der Waals surface area contributed by atoms with Gasteiger partial charge in [0.2, 0.25) is 0 Å². The van der Waals surface area contributed by atoms with Crippen molar-refractivity contribution in [2.24, 2.45) is 7.05 Å². The Bertz CT molecular complexity index is 1760. The van der Waals surface area contributed by atoms with Crippen LogP contribution in [0.25, 0.3) is 32.2 Å². The molecule has 0 atom stereocenters. The summed E-state index contributed by atoms with van der Waals surface area (Å²) >= 11 is 8.40. The maximum absolute atomic E-state index is 6.53. The number of pyridine rings is 1. The number of nitrogens with zero attached hydrogens (tertiary/aromatic N) is 2. The molecule has 3 aromatic carbocycles. The Kier molecular flexibility index (Phi) is 6.36. The number of benzene rings is 3. The van der Waals surface area contributed by atoms with Crippen LogP contribution in [0.2, 0.25) is 5.02 Å². The van der Waals surface area contributed by atoms with Gasteiger partial charge in [0, 0.05) is 51.2 Å². The van der Waals surface area contributed by atoms with E-state index in [2.05, 4.69) is 97.3 Å². The minimum Gasteiger partial charge on any atom is -0.335 e. The van der Waals surface area contributed by atoms with Crippen LogP contribution in [0.15, 0.2) is 85.2 Å². The van der Waals surface area contributed by atoms with Gasteiger partial charge in [0.15, 0.2) is 0 Å². The van der Waals surface area contributed by atoms with E-state index in [0.29, 0.717) is 0 Å². The maximum atomic E-state index is 6.53. The Morgan fingerprint density at radius 3 is 2.59 bits per heavy atom. The van der Waals surface area contributed by atoms with E-state index in [0.717, 1.165) is 29.9 Å². The molecule has 0 radical (unpaired) electrons. The first-order chi connectivity index (χ1) is 18.0. The number of rotatable bonds is 6. The molecule has 0 saturated carbocycles. The normalized spacial score (nSPS) is 11.6. The number of fused-ring (bicyclic) bond motifs is 2. The molecule has 6 rings (SSSR count). The van der Waals surface area contributed by atoms with E-state index in [4.69, 9.17) is 11.6 Å². The second-order valence-corrected chi connectivity index (χ2v) is 11.4. The van der Waals surface area contributed by atoms with Gasteiger partial charge in [0.1, 0.15) is 5.65 Å². The largest absolute Gasteiger partial charge is 0.335 e. The molecule has 0 bridgehead atoms. The second kappa shape index (κ2) is 9.81. The average Bonchev–Trinajstić information content (AvgIpc) is 3.46. The van der Waals surface area contributed by atoms with Gasteiger partial charge < -0.3 is 4.57 Å². The molecule has 6 aromatic rings. The highest BCUT2D eigenvalue weighted by atomic mass is 35.5. The van der Waals surface area contributed by atoms with E-state index in [9.17, 15) is 0 Å². The van der Waals surface area contributed by atoms with Gasteiger partial charge in [-0.15, -0.1) is 11.3 Å².